The Morgan fingerprint density at radius 3 is 2.20 bits per heavy atom. The molecule has 0 bridgehead atoms. The monoisotopic (exact) mass is 402 g/mol. The van der Waals surface area contributed by atoms with E-state index in [1.54, 1.807) is 6.07 Å². The standard InChI is InChI=1S/C26H30N2O2/c29-26-17-25(30-20-22-9-5-2-6-10-22)12-11-23(26)18-27-24-13-15-28(16-14-24)19-21-7-3-1-4-8-21/h1-12,17,24,27,29H,13-16,18-20H2. The van der Waals surface area contributed by atoms with E-state index in [1.807, 2.05) is 42.5 Å². The van der Waals surface area contributed by atoms with Crippen molar-refractivity contribution in [2.24, 2.45) is 0 Å². The van der Waals surface area contributed by atoms with Gasteiger partial charge in [-0.05, 0) is 43.1 Å². The second kappa shape index (κ2) is 10.3. The highest BCUT2D eigenvalue weighted by Crippen LogP contribution is 2.25. The second-order valence-electron chi connectivity index (χ2n) is 7.98. The molecule has 1 heterocycles. The first kappa shape index (κ1) is 20.5. The second-order valence-corrected chi connectivity index (χ2v) is 7.98. The highest BCUT2D eigenvalue weighted by molar-refractivity contribution is 5.39. The molecule has 156 valence electrons. The Bertz CT molecular complexity index is 907. The summed E-state index contributed by atoms with van der Waals surface area (Å²) in [5.41, 5.74) is 3.40. The fourth-order valence-corrected chi connectivity index (χ4v) is 3.91. The van der Waals surface area contributed by atoms with E-state index in [2.05, 4.69) is 40.5 Å². The Labute approximate surface area is 179 Å². The van der Waals surface area contributed by atoms with Crippen LogP contribution in [0.1, 0.15) is 29.5 Å². The van der Waals surface area contributed by atoms with Gasteiger partial charge in [-0.25, -0.2) is 0 Å². The Kier molecular flexibility index (Phi) is 7.01. The predicted octanol–water partition coefficient (Wildman–Crippen LogP) is 4.73. The van der Waals surface area contributed by atoms with Crippen LogP contribution in [0.3, 0.4) is 0 Å². The maximum absolute atomic E-state index is 10.4. The molecule has 0 aliphatic carbocycles. The van der Waals surface area contributed by atoms with Crippen molar-refractivity contribution >= 4 is 0 Å². The van der Waals surface area contributed by atoms with E-state index in [0.29, 0.717) is 24.9 Å². The fraction of sp³-hybridized carbons (Fsp3) is 0.308. The van der Waals surface area contributed by atoms with E-state index in [1.165, 1.54) is 5.56 Å². The van der Waals surface area contributed by atoms with E-state index in [9.17, 15) is 5.11 Å². The van der Waals surface area contributed by atoms with Crippen molar-refractivity contribution in [2.45, 2.75) is 38.6 Å². The number of benzene rings is 3. The molecule has 3 aromatic rings. The first-order chi connectivity index (χ1) is 14.8. The molecule has 4 heteroatoms. The van der Waals surface area contributed by atoms with Gasteiger partial charge in [-0.15, -0.1) is 0 Å². The number of rotatable bonds is 8. The lowest BCUT2D eigenvalue weighted by Crippen LogP contribution is -2.41. The first-order valence-electron chi connectivity index (χ1n) is 10.7. The van der Waals surface area contributed by atoms with E-state index in [-0.39, 0.29) is 5.75 Å². The number of ether oxygens (including phenoxy) is 1. The molecule has 0 radical (unpaired) electrons. The summed E-state index contributed by atoms with van der Waals surface area (Å²) in [5, 5.41) is 14.0. The number of hydrogen-bond donors (Lipinski definition) is 2. The van der Waals surface area contributed by atoms with Crippen LogP contribution >= 0.6 is 0 Å². The molecule has 0 aromatic heterocycles. The number of aromatic hydroxyl groups is 1. The van der Waals surface area contributed by atoms with Crippen molar-refractivity contribution in [3.05, 3.63) is 95.6 Å². The van der Waals surface area contributed by atoms with E-state index >= 15 is 0 Å². The third-order valence-electron chi connectivity index (χ3n) is 5.72. The molecular formula is C26H30N2O2. The lowest BCUT2D eigenvalue weighted by molar-refractivity contribution is 0.190. The summed E-state index contributed by atoms with van der Waals surface area (Å²) in [7, 11) is 0. The molecule has 4 rings (SSSR count). The number of hydrogen-bond acceptors (Lipinski definition) is 4. The Balaban J connectivity index is 1.21. The molecule has 0 amide bonds. The molecule has 1 fully saturated rings. The fourth-order valence-electron chi connectivity index (χ4n) is 3.91. The third-order valence-corrected chi connectivity index (χ3v) is 5.72. The summed E-state index contributed by atoms with van der Waals surface area (Å²) in [6, 6.07) is 26.8. The van der Waals surface area contributed by atoms with Crippen LogP contribution in [0, 0.1) is 0 Å². The minimum absolute atomic E-state index is 0.287. The quantitative estimate of drug-likeness (QED) is 0.572. The molecule has 1 aliphatic heterocycles. The Morgan fingerprint density at radius 1 is 0.867 bits per heavy atom. The van der Waals surface area contributed by atoms with Gasteiger partial charge >= 0.3 is 0 Å². The topological polar surface area (TPSA) is 44.7 Å². The van der Waals surface area contributed by atoms with Crippen molar-refractivity contribution in [1.82, 2.24) is 10.2 Å². The molecule has 30 heavy (non-hydrogen) atoms. The largest absolute Gasteiger partial charge is 0.507 e. The average Bonchev–Trinajstić information content (AvgIpc) is 2.79. The van der Waals surface area contributed by atoms with Gasteiger partial charge in [0, 0.05) is 30.8 Å². The summed E-state index contributed by atoms with van der Waals surface area (Å²) < 4.78 is 5.80. The van der Waals surface area contributed by atoms with E-state index in [0.717, 1.165) is 43.6 Å². The molecule has 0 spiro atoms. The van der Waals surface area contributed by atoms with Gasteiger partial charge in [0.15, 0.2) is 0 Å². The third kappa shape index (κ3) is 5.85. The number of nitrogens with zero attached hydrogens (tertiary/aromatic N) is 1. The molecular weight excluding hydrogens is 372 g/mol. The van der Waals surface area contributed by atoms with Crippen molar-refractivity contribution in [3.8, 4) is 11.5 Å². The van der Waals surface area contributed by atoms with Crippen molar-refractivity contribution in [1.29, 1.82) is 0 Å². The van der Waals surface area contributed by atoms with Gasteiger partial charge in [0.05, 0.1) is 0 Å². The number of phenolic OH excluding ortho intramolecular Hbond substituents is 1. The van der Waals surface area contributed by atoms with Crippen LogP contribution in [0.15, 0.2) is 78.9 Å². The van der Waals surface area contributed by atoms with Gasteiger partial charge < -0.3 is 15.2 Å². The zero-order chi connectivity index (χ0) is 20.6. The molecule has 4 nitrogen and oxygen atoms in total. The number of piperidine rings is 1. The van der Waals surface area contributed by atoms with Gasteiger partial charge in [0.25, 0.3) is 0 Å². The van der Waals surface area contributed by atoms with Crippen LogP contribution in [0.4, 0.5) is 0 Å². The summed E-state index contributed by atoms with van der Waals surface area (Å²) in [5.74, 6) is 0.976. The highest BCUT2D eigenvalue weighted by Gasteiger charge is 2.19. The Hall–Kier alpha value is -2.82. The molecule has 0 unspecified atom stereocenters. The van der Waals surface area contributed by atoms with Gasteiger partial charge in [-0.2, -0.15) is 0 Å². The van der Waals surface area contributed by atoms with E-state index in [4.69, 9.17) is 4.74 Å². The minimum Gasteiger partial charge on any atom is -0.507 e. The van der Waals surface area contributed by atoms with Crippen LogP contribution < -0.4 is 10.1 Å². The van der Waals surface area contributed by atoms with Crippen molar-refractivity contribution in [2.75, 3.05) is 13.1 Å². The number of likely N-dealkylation sites (tertiary alicyclic amines) is 1. The van der Waals surface area contributed by atoms with Crippen molar-refractivity contribution < 1.29 is 9.84 Å². The lowest BCUT2D eigenvalue weighted by Gasteiger charge is -2.32. The van der Waals surface area contributed by atoms with Crippen LogP contribution in [0.5, 0.6) is 11.5 Å². The molecule has 2 N–H and O–H groups in total. The normalized spacial score (nSPS) is 15.2. The van der Waals surface area contributed by atoms with Gasteiger partial charge in [-0.3, -0.25) is 4.90 Å². The highest BCUT2D eigenvalue weighted by atomic mass is 16.5. The molecule has 0 atom stereocenters. The van der Waals surface area contributed by atoms with Crippen LogP contribution in [0.2, 0.25) is 0 Å². The van der Waals surface area contributed by atoms with Crippen molar-refractivity contribution in [3.63, 3.8) is 0 Å². The average molecular weight is 403 g/mol. The van der Waals surface area contributed by atoms with Crippen LogP contribution in [-0.4, -0.2) is 29.1 Å². The lowest BCUT2D eigenvalue weighted by atomic mass is 10.0. The predicted molar refractivity (Wildman–Crippen MR) is 120 cm³/mol. The number of phenols is 1. The molecule has 0 saturated carbocycles. The van der Waals surface area contributed by atoms with Crippen LogP contribution in [0.25, 0.3) is 0 Å². The molecule has 1 saturated heterocycles. The zero-order valence-electron chi connectivity index (χ0n) is 17.3. The summed E-state index contributed by atoms with van der Waals surface area (Å²) in [4.78, 5) is 2.52. The first-order valence-corrected chi connectivity index (χ1v) is 10.7. The van der Waals surface area contributed by atoms with Crippen LogP contribution in [-0.2, 0) is 19.7 Å². The van der Waals surface area contributed by atoms with Gasteiger partial charge in [-0.1, -0.05) is 66.7 Å². The maximum atomic E-state index is 10.4. The van der Waals surface area contributed by atoms with E-state index < -0.39 is 0 Å². The minimum atomic E-state index is 0.287. The summed E-state index contributed by atoms with van der Waals surface area (Å²) in [6.07, 6.45) is 2.26. The molecule has 1 aliphatic rings. The Morgan fingerprint density at radius 2 is 1.53 bits per heavy atom. The number of nitrogens with one attached hydrogen (secondary N) is 1. The summed E-state index contributed by atoms with van der Waals surface area (Å²) >= 11 is 0. The SMILES string of the molecule is Oc1cc(OCc2ccccc2)ccc1CNC1CCN(Cc2ccccc2)CC1. The van der Waals surface area contributed by atoms with Gasteiger partial charge in [0.2, 0.25) is 0 Å². The maximum Gasteiger partial charge on any atom is 0.123 e. The summed E-state index contributed by atoms with van der Waals surface area (Å²) in [6.45, 7) is 4.40. The zero-order valence-corrected chi connectivity index (χ0v) is 17.3. The smallest absolute Gasteiger partial charge is 0.123 e. The van der Waals surface area contributed by atoms with Gasteiger partial charge in [0.1, 0.15) is 18.1 Å². The molecule has 3 aromatic carbocycles.